The van der Waals surface area contributed by atoms with Crippen LogP contribution in [-0.4, -0.2) is 29.5 Å². The van der Waals surface area contributed by atoms with Crippen molar-refractivity contribution in [3.63, 3.8) is 0 Å². The van der Waals surface area contributed by atoms with Gasteiger partial charge in [-0.05, 0) is 17.7 Å². The molecule has 0 fully saturated rings. The third-order valence-electron chi connectivity index (χ3n) is 4.24. The number of rotatable bonds is 1. The number of aromatic nitrogens is 1. The molecule has 1 aromatic carbocycles. The summed E-state index contributed by atoms with van der Waals surface area (Å²) in [7, 11) is 0. The number of hydrogen-bond donors (Lipinski definition) is 4. The van der Waals surface area contributed by atoms with Crippen LogP contribution in [0, 0.1) is 0 Å². The van der Waals surface area contributed by atoms with E-state index in [1.54, 1.807) is 6.07 Å². The second-order valence-electron chi connectivity index (χ2n) is 5.72. The molecule has 0 saturated carbocycles. The average Bonchev–Trinajstić information content (AvgIpc) is 2.73. The molecule has 0 unspecified atom stereocenters. The number of nitrogens with two attached hydrogens (primary N) is 1. The van der Waals surface area contributed by atoms with Gasteiger partial charge in [-0.1, -0.05) is 6.07 Å². The summed E-state index contributed by atoms with van der Waals surface area (Å²) in [4.78, 5) is 36.1. The second kappa shape index (κ2) is 5.20. The summed E-state index contributed by atoms with van der Waals surface area (Å²) < 4.78 is 1.25. The molecule has 4 rings (SSSR count). The number of fused-ring (bicyclic) bond motifs is 2. The highest BCUT2D eigenvalue weighted by molar-refractivity contribution is 6.23. The third kappa shape index (κ3) is 2.08. The predicted molar refractivity (Wildman–Crippen MR) is 88.4 cm³/mol. The first-order chi connectivity index (χ1) is 11.6. The van der Waals surface area contributed by atoms with E-state index in [0.717, 1.165) is 37.0 Å². The smallest absolute Gasteiger partial charge is 0.262 e. The second-order valence-corrected chi connectivity index (χ2v) is 5.72. The van der Waals surface area contributed by atoms with Crippen LogP contribution in [0.2, 0.25) is 0 Å². The van der Waals surface area contributed by atoms with Crippen molar-refractivity contribution >= 4 is 23.3 Å². The van der Waals surface area contributed by atoms with Gasteiger partial charge < -0.3 is 16.4 Å². The van der Waals surface area contributed by atoms with Gasteiger partial charge >= 0.3 is 0 Å². The van der Waals surface area contributed by atoms with Crippen molar-refractivity contribution in [2.75, 3.05) is 24.1 Å². The first-order valence-corrected chi connectivity index (χ1v) is 7.55. The zero-order valence-corrected chi connectivity index (χ0v) is 12.7. The monoisotopic (exact) mass is 325 g/mol. The maximum atomic E-state index is 12.4. The summed E-state index contributed by atoms with van der Waals surface area (Å²) in [6.45, 7) is 2.34. The summed E-state index contributed by atoms with van der Waals surface area (Å²) in [6.07, 6.45) is 0. The Hall–Kier alpha value is -3.13. The van der Waals surface area contributed by atoms with E-state index in [2.05, 4.69) is 16.0 Å². The molecule has 0 aliphatic carbocycles. The highest BCUT2D eigenvalue weighted by Crippen LogP contribution is 2.26. The number of hydrogen-bond acceptors (Lipinski definition) is 6. The number of pyridine rings is 1. The van der Waals surface area contributed by atoms with Gasteiger partial charge in [0.25, 0.3) is 17.4 Å². The maximum absolute atomic E-state index is 12.4. The predicted octanol–water partition coefficient (Wildman–Crippen LogP) is -0.182. The minimum Gasteiger partial charge on any atom is -0.384 e. The zero-order chi connectivity index (χ0) is 16.8. The van der Waals surface area contributed by atoms with Crippen LogP contribution in [0.5, 0.6) is 0 Å². The van der Waals surface area contributed by atoms with Gasteiger partial charge in [-0.15, -0.1) is 0 Å². The van der Waals surface area contributed by atoms with Crippen molar-refractivity contribution in [2.24, 2.45) is 0 Å². The molecular formula is C16H15N5O3. The SMILES string of the molecule is Nc1c2c(cc(=O)n1-c1ccc3c(c1)NCCNC3)C(=O)NC2=O. The van der Waals surface area contributed by atoms with Gasteiger partial charge in [0, 0.05) is 31.4 Å². The number of benzene rings is 1. The molecule has 1 aromatic heterocycles. The average molecular weight is 325 g/mol. The van der Waals surface area contributed by atoms with Gasteiger partial charge in [0.1, 0.15) is 5.82 Å². The van der Waals surface area contributed by atoms with Gasteiger partial charge in [0.2, 0.25) is 0 Å². The molecule has 0 radical (unpaired) electrons. The number of carbonyl (C=O) groups is 2. The van der Waals surface area contributed by atoms with Crippen molar-refractivity contribution in [3.8, 4) is 5.69 Å². The Morgan fingerprint density at radius 1 is 1.04 bits per heavy atom. The van der Waals surface area contributed by atoms with Gasteiger partial charge in [-0.2, -0.15) is 0 Å². The van der Waals surface area contributed by atoms with Crippen LogP contribution < -0.4 is 27.2 Å². The molecule has 24 heavy (non-hydrogen) atoms. The first-order valence-electron chi connectivity index (χ1n) is 7.55. The minimum atomic E-state index is -0.597. The fourth-order valence-corrected chi connectivity index (χ4v) is 3.08. The van der Waals surface area contributed by atoms with Crippen LogP contribution in [0.3, 0.4) is 0 Å². The largest absolute Gasteiger partial charge is 0.384 e. The van der Waals surface area contributed by atoms with Gasteiger partial charge in [0.05, 0.1) is 16.8 Å². The molecule has 2 aliphatic rings. The van der Waals surface area contributed by atoms with E-state index in [9.17, 15) is 14.4 Å². The summed E-state index contributed by atoms with van der Waals surface area (Å²) >= 11 is 0. The Bertz CT molecular complexity index is 947. The van der Waals surface area contributed by atoms with Crippen LogP contribution in [0.4, 0.5) is 11.5 Å². The molecule has 5 N–H and O–H groups in total. The highest BCUT2D eigenvalue weighted by Gasteiger charge is 2.31. The summed E-state index contributed by atoms with van der Waals surface area (Å²) in [5, 5.41) is 8.73. The number of imide groups is 1. The molecule has 0 atom stereocenters. The van der Waals surface area contributed by atoms with Crippen LogP contribution in [0.1, 0.15) is 26.3 Å². The van der Waals surface area contributed by atoms with E-state index < -0.39 is 17.4 Å². The van der Waals surface area contributed by atoms with Gasteiger partial charge in [-0.3, -0.25) is 24.3 Å². The number of carbonyl (C=O) groups excluding carboxylic acids is 2. The lowest BCUT2D eigenvalue weighted by Crippen LogP contribution is -2.24. The van der Waals surface area contributed by atoms with Crippen LogP contribution in [-0.2, 0) is 6.54 Å². The fraction of sp³-hybridized carbons (Fsp3) is 0.188. The van der Waals surface area contributed by atoms with E-state index in [4.69, 9.17) is 5.73 Å². The summed E-state index contributed by atoms with van der Waals surface area (Å²) in [6, 6.07) is 6.64. The molecule has 8 nitrogen and oxygen atoms in total. The number of amides is 2. The van der Waals surface area contributed by atoms with Crippen molar-refractivity contribution in [1.82, 2.24) is 15.2 Å². The Morgan fingerprint density at radius 3 is 2.71 bits per heavy atom. The van der Waals surface area contributed by atoms with E-state index in [-0.39, 0.29) is 16.9 Å². The Kier molecular flexibility index (Phi) is 3.14. The zero-order valence-electron chi connectivity index (χ0n) is 12.7. The number of nitrogens with one attached hydrogen (secondary N) is 3. The molecule has 0 bridgehead atoms. The van der Waals surface area contributed by atoms with Crippen molar-refractivity contribution in [2.45, 2.75) is 6.54 Å². The van der Waals surface area contributed by atoms with E-state index in [0.29, 0.717) is 5.69 Å². The van der Waals surface area contributed by atoms with Crippen LogP contribution >= 0.6 is 0 Å². The number of nitrogen functional groups attached to an aromatic ring is 1. The van der Waals surface area contributed by atoms with E-state index in [1.807, 2.05) is 12.1 Å². The first kappa shape index (κ1) is 14.5. The molecule has 122 valence electrons. The minimum absolute atomic E-state index is 0.0239. The fourth-order valence-electron chi connectivity index (χ4n) is 3.08. The number of anilines is 2. The summed E-state index contributed by atoms with van der Waals surface area (Å²) in [5.41, 5.74) is 8.19. The molecule has 2 aromatic rings. The highest BCUT2D eigenvalue weighted by atomic mass is 16.2. The summed E-state index contributed by atoms with van der Waals surface area (Å²) in [5.74, 6) is -1.22. The Morgan fingerprint density at radius 2 is 1.88 bits per heavy atom. The van der Waals surface area contributed by atoms with Gasteiger partial charge in [-0.25, -0.2) is 0 Å². The molecule has 3 heterocycles. The van der Waals surface area contributed by atoms with Crippen LogP contribution in [0.25, 0.3) is 5.69 Å². The normalized spacial score (nSPS) is 16.0. The molecule has 0 saturated heterocycles. The topological polar surface area (TPSA) is 118 Å². The molecule has 2 aliphatic heterocycles. The van der Waals surface area contributed by atoms with E-state index in [1.165, 1.54) is 4.57 Å². The molecule has 0 spiro atoms. The Labute approximate surface area is 136 Å². The number of nitrogens with zero attached hydrogens (tertiary/aromatic N) is 1. The quantitative estimate of drug-likeness (QED) is 0.540. The van der Waals surface area contributed by atoms with Crippen molar-refractivity contribution in [1.29, 1.82) is 0 Å². The van der Waals surface area contributed by atoms with Crippen molar-refractivity contribution in [3.05, 3.63) is 51.3 Å². The van der Waals surface area contributed by atoms with Crippen LogP contribution in [0.15, 0.2) is 29.1 Å². The third-order valence-corrected chi connectivity index (χ3v) is 4.24. The van der Waals surface area contributed by atoms with E-state index >= 15 is 0 Å². The lowest BCUT2D eigenvalue weighted by molar-refractivity contribution is 0.0880. The standard InChI is InChI=1S/C16H15N5O3/c17-14-13-10(15(23)20-16(13)24)6-12(22)21(14)9-2-1-8-7-18-3-4-19-11(8)5-9/h1-2,5-6,18-19H,3-4,7,17H2,(H,20,23,24). The maximum Gasteiger partial charge on any atom is 0.262 e. The lowest BCUT2D eigenvalue weighted by Gasteiger charge is -2.14. The van der Waals surface area contributed by atoms with Gasteiger partial charge in [0.15, 0.2) is 0 Å². The molecule has 2 amide bonds. The molecular weight excluding hydrogens is 310 g/mol. The van der Waals surface area contributed by atoms with Crippen molar-refractivity contribution < 1.29 is 9.59 Å². The lowest BCUT2D eigenvalue weighted by atomic mass is 10.1. The molecule has 8 heteroatoms. The Balaban J connectivity index is 1.91.